The topological polar surface area (TPSA) is 91.2 Å². The van der Waals surface area contributed by atoms with E-state index in [0.29, 0.717) is 20.4 Å². The molecule has 2 aromatic carbocycles. The first kappa shape index (κ1) is 18.3. The average molecular weight is 410 g/mol. The number of amides is 1. The van der Waals surface area contributed by atoms with Crippen molar-refractivity contribution in [1.82, 2.24) is 4.98 Å². The fourth-order valence-electron chi connectivity index (χ4n) is 3.07. The number of aromatic nitrogens is 1. The lowest BCUT2D eigenvalue weighted by Crippen LogP contribution is -2.10. The van der Waals surface area contributed by atoms with Gasteiger partial charge in [0.25, 0.3) is 5.91 Å². The van der Waals surface area contributed by atoms with E-state index in [2.05, 4.69) is 0 Å². The van der Waals surface area contributed by atoms with Crippen LogP contribution in [0.5, 0.6) is 5.75 Å². The molecule has 2 aromatic heterocycles. The summed E-state index contributed by atoms with van der Waals surface area (Å²) < 4.78 is 5.25. The van der Waals surface area contributed by atoms with Gasteiger partial charge in [-0.1, -0.05) is 35.9 Å². The first-order chi connectivity index (χ1) is 13.5. The maximum absolute atomic E-state index is 11.8. The van der Waals surface area contributed by atoms with Crippen LogP contribution in [0, 0.1) is 0 Å². The van der Waals surface area contributed by atoms with E-state index < -0.39 is 5.91 Å². The maximum Gasteiger partial charge on any atom is 0.260 e. The molecule has 0 atom stereocenters. The van der Waals surface area contributed by atoms with Crippen LogP contribution in [-0.4, -0.2) is 18.0 Å². The van der Waals surface area contributed by atoms with Crippen LogP contribution in [0.25, 0.3) is 32.6 Å². The van der Waals surface area contributed by atoms with Crippen LogP contribution in [0.3, 0.4) is 0 Å². The number of carbonyl (C=O) groups is 1. The predicted octanol–water partition coefficient (Wildman–Crippen LogP) is 4.97. The fraction of sp³-hybridized carbons (Fsp3) is 0.0476. The molecular weight excluding hydrogens is 394 g/mol. The molecule has 5 nitrogen and oxygen atoms in total. The quantitative estimate of drug-likeness (QED) is 0.497. The normalized spacial score (nSPS) is 10.9. The van der Waals surface area contributed by atoms with Crippen molar-refractivity contribution in [2.45, 2.75) is 0 Å². The van der Waals surface area contributed by atoms with E-state index in [1.165, 1.54) is 11.3 Å². The van der Waals surface area contributed by atoms with Gasteiger partial charge in [0, 0.05) is 16.0 Å². The second kappa shape index (κ2) is 7.14. The van der Waals surface area contributed by atoms with Crippen LogP contribution in [-0.2, 0) is 0 Å². The van der Waals surface area contributed by atoms with Gasteiger partial charge in [-0.15, -0.1) is 11.3 Å². The van der Waals surface area contributed by atoms with E-state index in [1.54, 1.807) is 7.11 Å². The Balaban J connectivity index is 2.00. The first-order valence-electron chi connectivity index (χ1n) is 8.41. The van der Waals surface area contributed by atoms with Crippen LogP contribution < -0.4 is 16.2 Å². The zero-order valence-electron chi connectivity index (χ0n) is 14.9. The summed E-state index contributed by atoms with van der Waals surface area (Å²) in [6.45, 7) is 0. The van der Waals surface area contributed by atoms with Crippen LogP contribution in [0.4, 0.5) is 5.69 Å². The molecule has 0 aliphatic rings. The van der Waals surface area contributed by atoms with Gasteiger partial charge in [-0.3, -0.25) is 4.79 Å². The number of nitrogen functional groups attached to an aromatic ring is 1. The Morgan fingerprint density at radius 1 is 1.07 bits per heavy atom. The molecule has 0 spiro atoms. The largest absolute Gasteiger partial charge is 0.497 e. The summed E-state index contributed by atoms with van der Waals surface area (Å²) in [5, 5.41) is 1.37. The van der Waals surface area contributed by atoms with Crippen molar-refractivity contribution in [2.24, 2.45) is 5.73 Å². The van der Waals surface area contributed by atoms with E-state index >= 15 is 0 Å². The van der Waals surface area contributed by atoms with Gasteiger partial charge in [0.05, 0.1) is 18.5 Å². The number of thiophene rings is 1. The minimum Gasteiger partial charge on any atom is -0.497 e. The van der Waals surface area contributed by atoms with Crippen molar-refractivity contribution < 1.29 is 9.53 Å². The lowest BCUT2D eigenvalue weighted by molar-refractivity contribution is 0.100. The monoisotopic (exact) mass is 409 g/mol. The minimum atomic E-state index is -0.561. The molecule has 0 bridgehead atoms. The zero-order valence-corrected chi connectivity index (χ0v) is 16.5. The summed E-state index contributed by atoms with van der Waals surface area (Å²) in [6.07, 6.45) is 0. The van der Waals surface area contributed by atoms with Crippen molar-refractivity contribution in [2.75, 3.05) is 12.8 Å². The molecule has 0 fully saturated rings. The van der Waals surface area contributed by atoms with Gasteiger partial charge in [-0.05, 0) is 41.5 Å². The summed E-state index contributed by atoms with van der Waals surface area (Å²) >= 11 is 7.21. The standard InChI is InChI=1S/C21H16ClN3O2S/c1-27-14-8-4-11(5-9-14)15-10-16(12-2-6-13(22)7-3-12)25-21-17(15)18(23)19(28-21)20(24)26/h2-10H,23H2,1H3,(H2,24,26). The molecule has 0 saturated heterocycles. The minimum absolute atomic E-state index is 0.311. The van der Waals surface area contributed by atoms with Crippen molar-refractivity contribution in [3.8, 4) is 28.1 Å². The highest BCUT2D eigenvalue weighted by Gasteiger charge is 2.20. The number of anilines is 1. The van der Waals surface area contributed by atoms with Gasteiger partial charge in [-0.2, -0.15) is 0 Å². The van der Waals surface area contributed by atoms with Gasteiger partial charge in [0.2, 0.25) is 0 Å². The molecule has 0 radical (unpaired) electrons. The van der Waals surface area contributed by atoms with E-state index in [4.69, 9.17) is 32.8 Å². The number of hydrogen-bond acceptors (Lipinski definition) is 5. The van der Waals surface area contributed by atoms with Gasteiger partial charge < -0.3 is 16.2 Å². The molecule has 1 amide bonds. The summed E-state index contributed by atoms with van der Waals surface area (Å²) in [7, 11) is 1.62. The van der Waals surface area contributed by atoms with E-state index in [0.717, 1.165) is 33.5 Å². The van der Waals surface area contributed by atoms with Gasteiger partial charge >= 0.3 is 0 Å². The molecule has 4 aromatic rings. The summed E-state index contributed by atoms with van der Waals surface area (Å²) in [5.41, 5.74) is 15.6. The number of fused-ring (bicyclic) bond motifs is 1. The SMILES string of the molecule is COc1ccc(-c2cc(-c3ccc(Cl)cc3)nc3sc(C(N)=O)c(N)c23)cc1. The molecule has 4 rings (SSSR count). The molecule has 0 saturated carbocycles. The van der Waals surface area contributed by atoms with E-state index in [1.807, 2.05) is 54.6 Å². The van der Waals surface area contributed by atoms with Crippen LogP contribution in [0.15, 0.2) is 54.6 Å². The van der Waals surface area contributed by atoms with Crippen LogP contribution in [0.1, 0.15) is 9.67 Å². The molecule has 0 unspecified atom stereocenters. The third kappa shape index (κ3) is 3.17. The number of benzene rings is 2. The summed E-state index contributed by atoms with van der Waals surface area (Å²) in [4.78, 5) is 17.5. The number of pyridine rings is 1. The lowest BCUT2D eigenvalue weighted by atomic mass is 9.99. The molecular formula is C21H16ClN3O2S. The van der Waals surface area contributed by atoms with Crippen molar-refractivity contribution >= 4 is 44.7 Å². The summed E-state index contributed by atoms with van der Waals surface area (Å²) in [6, 6.07) is 17.0. The smallest absolute Gasteiger partial charge is 0.260 e. The third-order valence-corrected chi connectivity index (χ3v) is 5.83. The Hall–Kier alpha value is -3.09. The van der Waals surface area contributed by atoms with Gasteiger partial charge in [-0.25, -0.2) is 4.98 Å². The van der Waals surface area contributed by atoms with Crippen LogP contribution >= 0.6 is 22.9 Å². The molecule has 7 heteroatoms. The molecule has 4 N–H and O–H groups in total. The van der Waals surface area contributed by atoms with Gasteiger partial charge in [0.15, 0.2) is 0 Å². The molecule has 140 valence electrons. The second-order valence-corrected chi connectivity index (χ2v) is 7.62. The number of primary amides is 1. The highest BCUT2D eigenvalue weighted by Crippen LogP contribution is 2.41. The Morgan fingerprint density at radius 3 is 2.32 bits per heavy atom. The molecule has 0 aliphatic heterocycles. The molecule has 0 aliphatic carbocycles. The van der Waals surface area contributed by atoms with Crippen molar-refractivity contribution in [3.63, 3.8) is 0 Å². The average Bonchev–Trinajstić information content (AvgIpc) is 3.05. The van der Waals surface area contributed by atoms with E-state index in [9.17, 15) is 4.79 Å². The highest BCUT2D eigenvalue weighted by molar-refractivity contribution is 7.21. The Morgan fingerprint density at radius 2 is 1.71 bits per heavy atom. The van der Waals surface area contributed by atoms with Crippen LogP contribution in [0.2, 0.25) is 5.02 Å². The number of halogens is 1. The van der Waals surface area contributed by atoms with Crippen molar-refractivity contribution in [1.29, 1.82) is 0 Å². The predicted molar refractivity (Wildman–Crippen MR) is 115 cm³/mol. The number of rotatable bonds is 4. The Labute approximate surface area is 170 Å². The fourth-order valence-corrected chi connectivity index (χ4v) is 4.17. The number of hydrogen-bond donors (Lipinski definition) is 2. The molecule has 28 heavy (non-hydrogen) atoms. The highest BCUT2D eigenvalue weighted by atomic mass is 35.5. The number of carbonyl (C=O) groups excluding carboxylic acids is 1. The Kier molecular flexibility index (Phi) is 4.66. The molecule has 2 heterocycles. The van der Waals surface area contributed by atoms with E-state index in [-0.39, 0.29) is 0 Å². The number of methoxy groups -OCH3 is 1. The first-order valence-corrected chi connectivity index (χ1v) is 9.60. The number of nitrogens with zero attached hydrogens (tertiary/aromatic N) is 1. The lowest BCUT2D eigenvalue weighted by Gasteiger charge is -2.10. The van der Waals surface area contributed by atoms with Crippen molar-refractivity contribution in [3.05, 3.63) is 64.5 Å². The maximum atomic E-state index is 11.8. The zero-order chi connectivity index (χ0) is 19.8. The number of nitrogens with two attached hydrogens (primary N) is 2. The number of ether oxygens (including phenoxy) is 1. The third-order valence-electron chi connectivity index (χ3n) is 4.46. The van der Waals surface area contributed by atoms with Gasteiger partial charge in [0.1, 0.15) is 15.5 Å². The Bertz CT molecular complexity index is 1190. The summed E-state index contributed by atoms with van der Waals surface area (Å²) in [5.74, 6) is 0.192. The second-order valence-electron chi connectivity index (χ2n) is 6.18.